The van der Waals surface area contributed by atoms with E-state index >= 15 is 0 Å². The molecule has 0 bridgehead atoms. The summed E-state index contributed by atoms with van der Waals surface area (Å²) in [6.07, 6.45) is 2.56. The molecule has 0 radical (unpaired) electrons. The lowest BCUT2D eigenvalue weighted by Crippen LogP contribution is -2.47. The van der Waals surface area contributed by atoms with Crippen LogP contribution in [-0.2, 0) is 10.2 Å². The Labute approximate surface area is 121 Å². The maximum Gasteiger partial charge on any atom is 0.279 e. The molecule has 0 heterocycles. The lowest BCUT2D eigenvalue weighted by Gasteiger charge is -2.24. The van der Waals surface area contributed by atoms with E-state index in [1.165, 1.54) is 4.31 Å². The van der Waals surface area contributed by atoms with Crippen molar-refractivity contribution in [2.45, 2.75) is 38.3 Å². The monoisotopic (exact) mass is 298 g/mol. The number of hydrogen-bond donors (Lipinski definition) is 1. The normalized spacial score (nSPS) is 23.1. The molecule has 0 aromatic heterocycles. The van der Waals surface area contributed by atoms with Gasteiger partial charge in [0.1, 0.15) is 11.9 Å². The highest BCUT2D eigenvalue weighted by Crippen LogP contribution is 2.25. The minimum Gasteiger partial charge on any atom is -0.489 e. The number of nitrogens with one attached hydrogen (secondary N) is 1. The van der Waals surface area contributed by atoms with Crippen LogP contribution in [0.4, 0.5) is 0 Å². The van der Waals surface area contributed by atoms with Gasteiger partial charge in [0, 0.05) is 13.6 Å². The summed E-state index contributed by atoms with van der Waals surface area (Å²) >= 11 is 0. The van der Waals surface area contributed by atoms with Gasteiger partial charge in [0.15, 0.2) is 0 Å². The van der Waals surface area contributed by atoms with Gasteiger partial charge in [-0.05, 0) is 31.4 Å². The van der Waals surface area contributed by atoms with Crippen molar-refractivity contribution in [3.63, 3.8) is 0 Å². The molecule has 0 amide bonds. The van der Waals surface area contributed by atoms with Crippen LogP contribution in [0.3, 0.4) is 0 Å². The fourth-order valence-corrected chi connectivity index (χ4v) is 3.50. The molecule has 0 unspecified atom stereocenters. The average Bonchev–Trinajstić information content (AvgIpc) is 2.85. The van der Waals surface area contributed by atoms with Gasteiger partial charge in [0.05, 0.1) is 6.04 Å². The molecule has 1 aliphatic rings. The number of nitrogens with zero attached hydrogens (tertiary/aromatic N) is 1. The predicted molar refractivity (Wildman–Crippen MR) is 78.9 cm³/mol. The molecule has 2 rings (SSSR count). The van der Waals surface area contributed by atoms with Crippen LogP contribution in [0.25, 0.3) is 0 Å². The van der Waals surface area contributed by atoms with Crippen molar-refractivity contribution in [3.05, 3.63) is 30.3 Å². The number of benzene rings is 1. The molecule has 6 heteroatoms. The van der Waals surface area contributed by atoms with Gasteiger partial charge >= 0.3 is 0 Å². The van der Waals surface area contributed by atoms with Gasteiger partial charge in [0.25, 0.3) is 10.2 Å². The Hall–Kier alpha value is -1.11. The molecule has 20 heavy (non-hydrogen) atoms. The van der Waals surface area contributed by atoms with Gasteiger partial charge in [-0.3, -0.25) is 0 Å². The minimum atomic E-state index is -3.42. The molecule has 1 fully saturated rings. The number of hydrogen-bond acceptors (Lipinski definition) is 3. The molecular weight excluding hydrogens is 276 g/mol. The first-order valence-corrected chi connectivity index (χ1v) is 8.42. The highest BCUT2D eigenvalue weighted by Gasteiger charge is 2.33. The molecule has 1 aliphatic carbocycles. The van der Waals surface area contributed by atoms with Gasteiger partial charge in [-0.1, -0.05) is 25.1 Å². The van der Waals surface area contributed by atoms with Gasteiger partial charge in [-0.15, -0.1) is 0 Å². The second-order valence-electron chi connectivity index (χ2n) is 5.04. The van der Waals surface area contributed by atoms with Gasteiger partial charge in [-0.25, -0.2) is 0 Å². The summed E-state index contributed by atoms with van der Waals surface area (Å²) in [4.78, 5) is 0. The number of rotatable bonds is 6. The summed E-state index contributed by atoms with van der Waals surface area (Å²) in [5.74, 6) is 0.785. The number of para-hydroxylation sites is 1. The SMILES string of the molecule is CCN(C)S(=O)(=O)N[C@H]1CCC[C@H]1Oc1ccccc1. The highest BCUT2D eigenvalue weighted by molar-refractivity contribution is 7.87. The zero-order valence-corrected chi connectivity index (χ0v) is 12.8. The molecule has 112 valence electrons. The maximum atomic E-state index is 12.1. The Morgan fingerprint density at radius 2 is 2.00 bits per heavy atom. The zero-order chi connectivity index (χ0) is 14.6. The van der Waals surface area contributed by atoms with E-state index < -0.39 is 10.2 Å². The van der Waals surface area contributed by atoms with Crippen LogP contribution in [0.15, 0.2) is 30.3 Å². The van der Waals surface area contributed by atoms with Crippen molar-refractivity contribution in [1.82, 2.24) is 9.03 Å². The summed E-state index contributed by atoms with van der Waals surface area (Å²) in [5.41, 5.74) is 0. The Morgan fingerprint density at radius 1 is 1.30 bits per heavy atom. The molecule has 1 aromatic rings. The van der Waals surface area contributed by atoms with Gasteiger partial charge in [0.2, 0.25) is 0 Å². The van der Waals surface area contributed by atoms with Gasteiger partial charge < -0.3 is 4.74 Å². The fraction of sp³-hybridized carbons (Fsp3) is 0.571. The molecule has 1 saturated carbocycles. The Balaban J connectivity index is 2.01. The predicted octanol–water partition coefficient (Wildman–Crippen LogP) is 1.77. The van der Waals surface area contributed by atoms with Crippen LogP contribution in [0.5, 0.6) is 5.75 Å². The first kappa shape index (κ1) is 15.3. The van der Waals surface area contributed by atoms with E-state index in [-0.39, 0.29) is 12.1 Å². The molecule has 2 atom stereocenters. The average molecular weight is 298 g/mol. The Bertz CT molecular complexity index is 518. The molecule has 5 nitrogen and oxygen atoms in total. The number of ether oxygens (including phenoxy) is 1. The third-order valence-corrected chi connectivity index (χ3v) is 5.32. The Morgan fingerprint density at radius 3 is 2.65 bits per heavy atom. The van der Waals surface area contributed by atoms with Crippen LogP contribution in [0.1, 0.15) is 26.2 Å². The van der Waals surface area contributed by atoms with Crippen LogP contribution in [0.2, 0.25) is 0 Å². The largest absolute Gasteiger partial charge is 0.489 e. The van der Waals surface area contributed by atoms with E-state index in [0.717, 1.165) is 25.0 Å². The van der Waals surface area contributed by atoms with E-state index in [0.29, 0.717) is 6.54 Å². The lowest BCUT2D eigenvalue weighted by atomic mass is 10.2. The third kappa shape index (κ3) is 3.71. The lowest BCUT2D eigenvalue weighted by molar-refractivity contribution is 0.184. The molecule has 1 N–H and O–H groups in total. The summed E-state index contributed by atoms with van der Waals surface area (Å²) in [7, 11) is -1.84. The van der Waals surface area contributed by atoms with Crippen LogP contribution < -0.4 is 9.46 Å². The van der Waals surface area contributed by atoms with Crippen molar-refractivity contribution in [2.75, 3.05) is 13.6 Å². The molecule has 1 aromatic carbocycles. The van der Waals surface area contributed by atoms with E-state index in [9.17, 15) is 8.42 Å². The topological polar surface area (TPSA) is 58.6 Å². The second kappa shape index (κ2) is 6.56. The van der Waals surface area contributed by atoms with Crippen molar-refractivity contribution in [3.8, 4) is 5.75 Å². The third-order valence-electron chi connectivity index (χ3n) is 3.64. The fourth-order valence-electron chi connectivity index (χ4n) is 2.33. The van der Waals surface area contributed by atoms with E-state index in [2.05, 4.69) is 4.72 Å². The van der Waals surface area contributed by atoms with Gasteiger partial charge in [-0.2, -0.15) is 17.4 Å². The van der Waals surface area contributed by atoms with Crippen molar-refractivity contribution in [1.29, 1.82) is 0 Å². The second-order valence-corrected chi connectivity index (χ2v) is 6.85. The molecular formula is C14H22N2O3S. The van der Waals surface area contributed by atoms with E-state index in [1.54, 1.807) is 7.05 Å². The maximum absolute atomic E-state index is 12.1. The van der Waals surface area contributed by atoms with Crippen molar-refractivity contribution in [2.24, 2.45) is 0 Å². The standard InChI is InChI=1S/C14H22N2O3S/c1-3-16(2)20(17,18)15-13-10-7-11-14(13)19-12-8-5-4-6-9-12/h4-6,8-9,13-15H,3,7,10-11H2,1-2H3/t13-,14+/m0/s1. The van der Waals surface area contributed by atoms with Crippen molar-refractivity contribution >= 4 is 10.2 Å². The minimum absolute atomic E-state index is 0.0996. The van der Waals surface area contributed by atoms with Crippen molar-refractivity contribution < 1.29 is 13.2 Å². The highest BCUT2D eigenvalue weighted by atomic mass is 32.2. The van der Waals surface area contributed by atoms with E-state index in [1.807, 2.05) is 37.3 Å². The quantitative estimate of drug-likeness (QED) is 0.871. The first-order chi connectivity index (χ1) is 9.53. The van der Waals surface area contributed by atoms with Crippen LogP contribution in [-0.4, -0.2) is 38.5 Å². The van der Waals surface area contributed by atoms with Crippen LogP contribution >= 0.6 is 0 Å². The van der Waals surface area contributed by atoms with E-state index in [4.69, 9.17) is 4.74 Å². The Kier molecular flexibility index (Phi) is 5.01. The summed E-state index contributed by atoms with van der Waals surface area (Å²) < 4.78 is 34.1. The summed E-state index contributed by atoms with van der Waals surface area (Å²) in [6.45, 7) is 2.26. The molecule has 0 spiro atoms. The zero-order valence-electron chi connectivity index (χ0n) is 12.0. The first-order valence-electron chi connectivity index (χ1n) is 6.98. The smallest absolute Gasteiger partial charge is 0.279 e. The molecule has 0 saturated heterocycles. The summed E-state index contributed by atoms with van der Waals surface area (Å²) in [6, 6.07) is 9.37. The molecule has 0 aliphatic heterocycles. The van der Waals surface area contributed by atoms with Crippen LogP contribution in [0, 0.1) is 0 Å². The summed E-state index contributed by atoms with van der Waals surface area (Å²) in [5, 5.41) is 0.